The van der Waals surface area contributed by atoms with E-state index in [-0.39, 0.29) is 18.9 Å². The Labute approximate surface area is 147 Å². The van der Waals surface area contributed by atoms with Gasteiger partial charge in [-0.2, -0.15) is 0 Å². The van der Waals surface area contributed by atoms with Crippen LogP contribution in [-0.4, -0.2) is 31.1 Å². The number of anilines is 2. The first-order valence-electron chi connectivity index (χ1n) is 7.57. The summed E-state index contributed by atoms with van der Waals surface area (Å²) in [5.74, 6) is 1.16. The van der Waals surface area contributed by atoms with Crippen LogP contribution >= 0.6 is 11.3 Å². The third-order valence-electron chi connectivity index (χ3n) is 3.10. The monoisotopic (exact) mass is 359 g/mol. The molecule has 3 aromatic heterocycles. The van der Waals surface area contributed by atoms with E-state index in [0.29, 0.717) is 28.6 Å². The van der Waals surface area contributed by atoms with Crippen LogP contribution in [0.3, 0.4) is 0 Å². The van der Waals surface area contributed by atoms with Crippen LogP contribution in [0.5, 0.6) is 0 Å². The van der Waals surface area contributed by atoms with E-state index in [1.54, 1.807) is 6.92 Å². The Bertz CT molecular complexity index is 869. The molecule has 10 heteroatoms. The molecule has 0 aromatic carbocycles. The number of hydrogen-bond donors (Lipinski definition) is 2. The van der Waals surface area contributed by atoms with Crippen LogP contribution in [0.15, 0.2) is 15.9 Å². The number of amides is 1. The Morgan fingerprint density at radius 1 is 1.16 bits per heavy atom. The summed E-state index contributed by atoms with van der Waals surface area (Å²) in [6.07, 6.45) is 0.166. The summed E-state index contributed by atoms with van der Waals surface area (Å²) in [6.45, 7) is 5.71. The zero-order valence-corrected chi connectivity index (χ0v) is 14.8. The Balaban J connectivity index is 1.54. The van der Waals surface area contributed by atoms with E-state index >= 15 is 0 Å². The van der Waals surface area contributed by atoms with Crippen molar-refractivity contribution in [3.8, 4) is 0 Å². The SMILES string of the molecule is Cc1cc(C)nc(Nc2nc(CC(=O)NCc3nnc(C)o3)cs2)n1. The van der Waals surface area contributed by atoms with Gasteiger partial charge >= 0.3 is 0 Å². The second-order valence-corrected chi connectivity index (χ2v) is 6.27. The van der Waals surface area contributed by atoms with E-state index in [4.69, 9.17) is 4.42 Å². The number of aromatic nitrogens is 5. The lowest BCUT2D eigenvalue weighted by Crippen LogP contribution is -2.24. The van der Waals surface area contributed by atoms with Crippen molar-refractivity contribution in [1.29, 1.82) is 0 Å². The van der Waals surface area contributed by atoms with Crippen molar-refractivity contribution in [2.24, 2.45) is 0 Å². The molecule has 0 aliphatic heterocycles. The number of thiazole rings is 1. The van der Waals surface area contributed by atoms with Crippen molar-refractivity contribution in [3.05, 3.63) is 40.3 Å². The first-order valence-corrected chi connectivity index (χ1v) is 8.45. The normalized spacial score (nSPS) is 10.7. The minimum absolute atomic E-state index is 0.166. The zero-order chi connectivity index (χ0) is 17.8. The van der Waals surface area contributed by atoms with Gasteiger partial charge in [0, 0.05) is 23.7 Å². The minimum Gasteiger partial charge on any atom is -0.424 e. The second-order valence-electron chi connectivity index (χ2n) is 5.41. The first kappa shape index (κ1) is 17.0. The van der Waals surface area contributed by atoms with Gasteiger partial charge in [0.1, 0.15) is 0 Å². The summed E-state index contributed by atoms with van der Waals surface area (Å²) in [5, 5.41) is 15.8. The van der Waals surface area contributed by atoms with Crippen LogP contribution in [0, 0.1) is 20.8 Å². The Morgan fingerprint density at radius 2 is 1.92 bits per heavy atom. The fraction of sp³-hybridized carbons (Fsp3) is 0.333. The Morgan fingerprint density at radius 3 is 2.60 bits per heavy atom. The van der Waals surface area contributed by atoms with Gasteiger partial charge < -0.3 is 15.1 Å². The molecule has 0 bridgehead atoms. The van der Waals surface area contributed by atoms with E-state index in [2.05, 4.69) is 35.8 Å². The molecule has 0 saturated heterocycles. The highest BCUT2D eigenvalue weighted by Crippen LogP contribution is 2.19. The van der Waals surface area contributed by atoms with E-state index in [0.717, 1.165) is 11.4 Å². The van der Waals surface area contributed by atoms with Crippen LogP contribution < -0.4 is 10.6 Å². The number of rotatable bonds is 6. The van der Waals surface area contributed by atoms with Crippen LogP contribution in [0.2, 0.25) is 0 Å². The van der Waals surface area contributed by atoms with Gasteiger partial charge in [0.15, 0.2) is 5.13 Å². The van der Waals surface area contributed by atoms with Crippen LogP contribution in [0.1, 0.15) is 28.9 Å². The lowest BCUT2D eigenvalue weighted by Gasteiger charge is -2.03. The molecule has 0 unspecified atom stereocenters. The summed E-state index contributed by atoms with van der Waals surface area (Å²) in [7, 11) is 0. The maximum Gasteiger partial charge on any atom is 0.235 e. The van der Waals surface area contributed by atoms with Gasteiger partial charge in [-0.3, -0.25) is 4.79 Å². The van der Waals surface area contributed by atoms with Crippen LogP contribution in [0.4, 0.5) is 11.1 Å². The third-order valence-corrected chi connectivity index (χ3v) is 3.91. The maximum atomic E-state index is 12.0. The lowest BCUT2D eigenvalue weighted by atomic mass is 10.3. The molecule has 0 aliphatic carbocycles. The highest BCUT2D eigenvalue weighted by Gasteiger charge is 2.10. The summed E-state index contributed by atoms with van der Waals surface area (Å²) in [4.78, 5) is 25.0. The fourth-order valence-electron chi connectivity index (χ4n) is 2.13. The largest absolute Gasteiger partial charge is 0.424 e. The van der Waals surface area contributed by atoms with Crippen molar-refractivity contribution >= 4 is 28.3 Å². The van der Waals surface area contributed by atoms with Gasteiger partial charge in [-0.25, -0.2) is 15.0 Å². The molecule has 1 amide bonds. The maximum absolute atomic E-state index is 12.0. The minimum atomic E-state index is -0.171. The fourth-order valence-corrected chi connectivity index (χ4v) is 2.84. The average molecular weight is 359 g/mol. The smallest absolute Gasteiger partial charge is 0.235 e. The van der Waals surface area contributed by atoms with Gasteiger partial charge in [0.05, 0.1) is 18.7 Å². The van der Waals surface area contributed by atoms with E-state index in [9.17, 15) is 4.79 Å². The van der Waals surface area contributed by atoms with Crippen molar-refractivity contribution in [2.45, 2.75) is 33.7 Å². The third kappa shape index (κ3) is 4.80. The van der Waals surface area contributed by atoms with Crippen LogP contribution in [-0.2, 0) is 17.8 Å². The molecule has 130 valence electrons. The highest BCUT2D eigenvalue weighted by molar-refractivity contribution is 7.13. The summed E-state index contributed by atoms with van der Waals surface area (Å²) in [5.41, 5.74) is 2.42. The van der Waals surface area contributed by atoms with Crippen molar-refractivity contribution in [3.63, 3.8) is 0 Å². The van der Waals surface area contributed by atoms with Crippen molar-refractivity contribution in [2.75, 3.05) is 5.32 Å². The molecule has 0 saturated carbocycles. The van der Waals surface area contributed by atoms with Gasteiger partial charge in [-0.05, 0) is 19.9 Å². The number of nitrogens with one attached hydrogen (secondary N) is 2. The number of carbonyl (C=O) groups excluding carboxylic acids is 1. The second kappa shape index (κ2) is 7.34. The van der Waals surface area contributed by atoms with Gasteiger partial charge in [-0.1, -0.05) is 0 Å². The molecule has 3 heterocycles. The Kier molecular flexibility index (Phi) is 4.98. The molecule has 3 rings (SSSR count). The highest BCUT2D eigenvalue weighted by atomic mass is 32.1. The molecule has 0 spiro atoms. The lowest BCUT2D eigenvalue weighted by molar-refractivity contribution is -0.120. The number of hydrogen-bond acceptors (Lipinski definition) is 9. The predicted molar refractivity (Wildman–Crippen MR) is 91.5 cm³/mol. The Hall–Kier alpha value is -2.88. The molecule has 3 aromatic rings. The number of aryl methyl sites for hydroxylation is 3. The summed E-state index contributed by atoms with van der Waals surface area (Å²) in [6, 6.07) is 1.90. The molecule has 25 heavy (non-hydrogen) atoms. The van der Waals surface area contributed by atoms with Crippen molar-refractivity contribution in [1.82, 2.24) is 30.5 Å². The average Bonchev–Trinajstić information content (AvgIpc) is 3.13. The molecule has 0 atom stereocenters. The van der Waals surface area contributed by atoms with Crippen molar-refractivity contribution < 1.29 is 9.21 Å². The molecular formula is C15H17N7O2S. The molecular weight excluding hydrogens is 342 g/mol. The zero-order valence-electron chi connectivity index (χ0n) is 14.0. The van der Waals surface area contributed by atoms with E-state index < -0.39 is 0 Å². The number of carbonyl (C=O) groups is 1. The van der Waals surface area contributed by atoms with Gasteiger partial charge in [0.25, 0.3) is 0 Å². The standard InChI is InChI=1S/C15H17N7O2S/c1-8-4-9(2)18-14(17-8)20-15-19-11(7-25-15)5-12(23)16-6-13-22-21-10(3)24-13/h4,7H,5-6H2,1-3H3,(H,16,23)(H,17,18,19,20). The summed E-state index contributed by atoms with van der Waals surface area (Å²) >= 11 is 1.39. The summed E-state index contributed by atoms with van der Waals surface area (Å²) < 4.78 is 5.20. The molecule has 0 radical (unpaired) electrons. The molecule has 9 nitrogen and oxygen atoms in total. The topological polar surface area (TPSA) is 119 Å². The van der Waals surface area contributed by atoms with Gasteiger partial charge in [-0.15, -0.1) is 21.5 Å². The molecule has 0 aliphatic rings. The molecule has 0 fully saturated rings. The quantitative estimate of drug-likeness (QED) is 0.684. The van der Waals surface area contributed by atoms with Gasteiger partial charge in [0.2, 0.25) is 23.6 Å². The predicted octanol–water partition coefficient (Wildman–Crippen LogP) is 1.84. The van der Waals surface area contributed by atoms with E-state index in [1.807, 2.05) is 25.3 Å². The van der Waals surface area contributed by atoms with Crippen LogP contribution in [0.25, 0.3) is 0 Å². The first-order chi connectivity index (χ1) is 12.0. The van der Waals surface area contributed by atoms with E-state index in [1.165, 1.54) is 11.3 Å². The molecule has 2 N–H and O–H groups in total. The number of nitrogens with zero attached hydrogens (tertiary/aromatic N) is 5.